The zero-order chi connectivity index (χ0) is 39.6. The number of hydrogen-bond acceptors (Lipinski definition) is 13. The number of carbonyl (C=O) groups is 4. The summed E-state index contributed by atoms with van der Waals surface area (Å²) in [5.41, 5.74) is 7.22. The first-order valence-electron chi connectivity index (χ1n) is 19.0. The van der Waals surface area contributed by atoms with Gasteiger partial charge in [0.15, 0.2) is 0 Å². The molecule has 2 aromatic heterocycles. The van der Waals surface area contributed by atoms with Crippen molar-refractivity contribution in [2.75, 3.05) is 59.5 Å². The highest BCUT2D eigenvalue weighted by Gasteiger charge is 2.44. The molecule has 4 heterocycles. The van der Waals surface area contributed by atoms with Crippen molar-refractivity contribution >= 4 is 29.3 Å². The highest BCUT2D eigenvalue weighted by Crippen LogP contribution is 2.34. The van der Waals surface area contributed by atoms with Gasteiger partial charge in [0.05, 0.1) is 63.1 Å². The number of pyridine rings is 1. The Labute approximate surface area is 328 Å². The molecule has 0 spiro atoms. The Hall–Kier alpha value is -5.81. The van der Waals surface area contributed by atoms with Gasteiger partial charge in [0.2, 0.25) is 11.8 Å². The predicted octanol–water partition coefficient (Wildman–Crippen LogP) is 3.67. The lowest BCUT2D eigenvalue weighted by atomic mass is 9.98. The Morgan fingerprint density at radius 1 is 0.719 bits per heavy atom. The Kier molecular flexibility index (Phi) is 13.1. The highest BCUT2D eigenvalue weighted by molar-refractivity contribution is 6.23. The van der Waals surface area contributed by atoms with E-state index < -0.39 is 29.7 Å². The number of benzene rings is 2. The fourth-order valence-corrected chi connectivity index (χ4v) is 7.06. The number of oxime groups is 1. The number of carbonyl (C=O) groups excluding carboxylic acids is 4. The maximum atomic E-state index is 13.0. The van der Waals surface area contributed by atoms with Crippen LogP contribution in [0.3, 0.4) is 0 Å². The van der Waals surface area contributed by atoms with Crippen molar-refractivity contribution in [2.45, 2.75) is 44.7 Å². The first kappa shape index (κ1) is 39.4. The molecule has 4 aromatic rings. The van der Waals surface area contributed by atoms with Gasteiger partial charge in [-0.05, 0) is 67.1 Å². The third-order valence-corrected chi connectivity index (χ3v) is 9.89. The van der Waals surface area contributed by atoms with Crippen molar-refractivity contribution in [3.8, 4) is 28.1 Å². The standard InChI is InChI=1S/C41H44N6O10/c48-37-9-8-36(39(49)43-37)47-40(50)32-6-4-30(25-33(32)41(47)51)57-23-22-56-21-20-55-19-18-54-17-16-53-15-1-14-46-26-34(38(44-46)27-10-12-42-13-11-27)29-2-5-31-28(24-29)3-7-35(31)45-52/h2,4-6,10-13,24-26,36,52H,1,3,7-9,14-23H2,(H,43,48,49)/b45-35+. The van der Waals surface area contributed by atoms with Crippen molar-refractivity contribution in [1.82, 2.24) is 25.0 Å². The summed E-state index contributed by atoms with van der Waals surface area (Å²) in [5.74, 6) is -1.83. The number of amides is 4. The summed E-state index contributed by atoms with van der Waals surface area (Å²) in [6, 6.07) is 13.7. The molecule has 298 valence electrons. The van der Waals surface area contributed by atoms with Gasteiger partial charge in [-0.15, -0.1) is 0 Å². The Morgan fingerprint density at radius 3 is 2.12 bits per heavy atom. The normalized spacial score (nSPS) is 17.0. The molecule has 7 rings (SSSR count). The summed E-state index contributed by atoms with van der Waals surface area (Å²) in [5, 5.41) is 19.9. The predicted molar refractivity (Wildman–Crippen MR) is 204 cm³/mol. The van der Waals surface area contributed by atoms with Gasteiger partial charge in [0.1, 0.15) is 24.1 Å². The van der Waals surface area contributed by atoms with Crippen LogP contribution in [0, 0.1) is 0 Å². The molecule has 16 nitrogen and oxygen atoms in total. The number of nitrogens with one attached hydrogen (secondary N) is 1. The minimum absolute atomic E-state index is 0.0598. The summed E-state index contributed by atoms with van der Waals surface area (Å²) in [6.45, 7) is 4.27. The Balaban J connectivity index is 0.727. The highest BCUT2D eigenvalue weighted by atomic mass is 16.6. The van der Waals surface area contributed by atoms with E-state index >= 15 is 0 Å². The molecule has 3 aliphatic rings. The van der Waals surface area contributed by atoms with E-state index in [4.69, 9.17) is 28.8 Å². The number of piperidine rings is 1. The quantitative estimate of drug-likeness (QED) is 0.0573. The SMILES string of the molecule is O=C1CCC(N2C(=O)c3ccc(OCCOCCOCCOCCOCCCn4cc(-c5ccc6c(c5)CC/C6=N\O)c(-c5ccncc5)n4)cc3C2=O)C(=O)N1. The Morgan fingerprint density at radius 2 is 1.40 bits per heavy atom. The minimum atomic E-state index is -1.02. The maximum absolute atomic E-state index is 13.0. The van der Waals surface area contributed by atoms with E-state index in [1.165, 1.54) is 17.7 Å². The number of fused-ring (bicyclic) bond motifs is 2. The minimum Gasteiger partial charge on any atom is -0.491 e. The van der Waals surface area contributed by atoms with Gasteiger partial charge in [0, 0.05) is 54.9 Å². The molecule has 0 radical (unpaired) electrons. The van der Waals surface area contributed by atoms with Crippen LogP contribution >= 0.6 is 0 Å². The van der Waals surface area contributed by atoms with Crippen LogP contribution in [0.25, 0.3) is 22.4 Å². The zero-order valence-electron chi connectivity index (χ0n) is 31.4. The molecule has 1 aliphatic carbocycles. The summed E-state index contributed by atoms with van der Waals surface area (Å²) < 4.78 is 30.2. The number of aromatic nitrogens is 3. The molecule has 1 fully saturated rings. The van der Waals surface area contributed by atoms with Crippen LogP contribution in [0.4, 0.5) is 0 Å². The summed E-state index contributed by atoms with van der Waals surface area (Å²) in [7, 11) is 0. The number of rotatable bonds is 20. The molecule has 2 aromatic carbocycles. The second-order valence-corrected chi connectivity index (χ2v) is 13.6. The molecule has 2 N–H and O–H groups in total. The molecule has 1 atom stereocenters. The van der Waals surface area contributed by atoms with Crippen LogP contribution in [0.5, 0.6) is 5.75 Å². The Bertz CT molecular complexity index is 2120. The summed E-state index contributed by atoms with van der Waals surface area (Å²) in [6.07, 6.45) is 8.12. The van der Waals surface area contributed by atoms with Crippen molar-refractivity contribution < 1.29 is 48.1 Å². The van der Waals surface area contributed by atoms with E-state index in [9.17, 15) is 24.4 Å². The number of hydrogen-bond donors (Lipinski definition) is 2. The van der Waals surface area contributed by atoms with Crippen molar-refractivity contribution in [2.24, 2.45) is 5.16 Å². The van der Waals surface area contributed by atoms with Gasteiger partial charge in [-0.25, -0.2) is 0 Å². The molecule has 1 unspecified atom stereocenters. The van der Waals surface area contributed by atoms with Crippen LogP contribution < -0.4 is 10.1 Å². The van der Waals surface area contributed by atoms with Crippen molar-refractivity contribution in [3.63, 3.8) is 0 Å². The van der Waals surface area contributed by atoms with Gasteiger partial charge < -0.3 is 28.9 Å². The van der Waals surface area contributed by atoms with Crippen LogP contribution in [0.2, 0.25) is 0 Å². The molecular formula is C41H44N6O10. The molecule has 16 heteroatoms. The fraction of sp³-hybridized carbons (Fsp3) is 0.390. The number of imide groups is 2. The first-order chi connectivity index (χ1) is 27.9. The molecule has 2 aliphatic heterocycles. The fourth-order valence-electron chi connectivity index (χ4n) is 7.06. The lowest BCUT2D eigenvalue weighted by Crippen LogP contribution is -2.54. The molecule has 0 bridgehead atoms. The molecule has 1 saturated heterocycles. The third-order valence-electron chi connectivity index (χ3n) is 9.89. The number of ether oxygens (including phenoxy) is 5. The zero-order valence-corrected chi connectivity index (χ0v) is 31.4. The average Bonchev–Trinajstić information content (AvgIpc) is 3.91. The third kappa shape index (κ3) is 9.43. The monoisotopic (exact) mass is 780 g/mol. The van der Waals surface area contributed by atoms with E-state index in [0.29, 0.717) is 58.5 Å². The smallest absolute Gasteiger partial charge is 0.262 e. The van der Waals surface area contributed by atoms with Crippen LogP contribution in [0.1, 0.15) is 57.5 Å². The second-order valence-electron chi connectivity index (χ2n) is 13.6. The van der Waals surface area contributed by atoms with Gasteiger partial charge in [-0.2, -0.15) is 5.10 Å². The summed E-state index contributed by atoms with van der Waals surface area (Å²) in [4.78, 5) is 54.6. The second kappa shape index (κ2) is 18.9. The molecule has 0 saturated carbocycles. The largest absolute Gasteiger partial charge is 0.491 e. The van der Waals surface area contributed by atoms with Crippen molar-refractivity contribution in [1.29, 1.82) is 0 Å². The average molecular weight is 781 g/mol. The summed E-state index contributed by atoms with van der Waals surface area (Å²) >= 11 is 0. The van der Waals surface area contributed by atoms with Gasteiger partial charge in [-0.1, -0.05) is 23.4 Å². The van der Waals surface area contributed by atoms with E-state index in [-0.39, 0.29) is 37.2 Å². The molecular weight excluding hydrogens is 736 g/mol. The number of nitrogens with zero attached hydrogens (tertiary/aromatic N) is 5. The van der Waals surface area contributed by atoms with E-state index in [0.717, 1.165) is 57.8 Å². The van der Waals surface area contributed by atoms with E-state index in [1.807, 2.05) is 22.9 Å². The first-order valence-corrected chi connectivity index (χ1v) is 19.0. The van der Waals surface area contributed by atoms with Crippen LogP contribution in [-0.2, 0) is 41.5 Å². The lowest BCUT2D eigenvalue weighted by Gasteiger charge is -2.27. The number of aryl methyl sites for hydroxylation is 2. The van der Waals surface area contributed by atoms with Gasteiger partial charge in [-0.3, -0.25) is 39.1 Å². The van der Waals surface area contributed by atoms with E-state index in [1.54, 1.807) is 18.5 Å². The van der Waals surface area contributed by atoms with Crippen LogP contribution in [0.15, 0.2) is 72.3 Å². The van der Waals surface area contributed by atoms with Crippen LogP contribution in [-0.4, -0.2) is 120 Å². The van der Waals surface area contributed by atoms with Crippen molar-refractivity contribution in [3.05, 3.63) is 89.4 Å². The topological polar surface area (TPSA) is 193 Å². The van der Waals surface area contributed by atoms with Gasteiger partial charge >= 0.3 is 0 Å². The van der Waals surface area contributed by atoms with Gasteiger partial charge in [0.25, 0.3) is 11.8 Å². The molecule has 4 amide bonds. The van der Waals surface area contributed by atoms with E-state index in [2.05, 4.69) is 33.8 Å². The maximum Gasteiger partial charge on any atom is 0.262 e. The lowest BCUT2D eigenvalue weighted by molar-refractivity contribution is -0.136. The molecule has 57 heavy (non-hydrogen) atoms.